The zero-order valence-electron chi connectivity index (χ0n) is 23.7. The molecule has 0 atom stereocenters. The molecule has 0 aliphatic carbocycles. The summed E-state index contributed by atoms with van der Waals surface area (Å²) in [6, 6.07) is 22.2. The molecule has 2 aromatic heterocycles. The summed E-state index contributed by atoms with van der Waals surface area (Å²) >= 11 is 0. The molecule has 0 bridgehead atoms. The Morgan fingerprint density at radius 1 is 0.976 bits per heavy atom. The Morgan fingerprint density at radius 2 is 1.71 bits per heavy atom. The van der Waals surface area contributed by atoms with E-state index in [1.54, 1.807) is 24.5 Å². The first-order chi connectivity index (χ1) is 20.6. The van der Waals surface area contributed by atoms with E-state index in [1.807, 2.05) is 48.7 Å². The summed E-state index contributed by atoms with van der Waals surface area (Å²) < 4.78 is 19.4. The van der Waals surface area contributed by atoms with E-state index in [4.69, 9.17) is 20.9 Å². The van der Waals surface area contributed by atoms with Crippen molar-refractivity contribution in [3.8, 4) is 5.75 Å². The number of rotatable bonds is 12. The average Bonchev–Trinajstić information content (AvgIpc) is 3.04. The molecule has 4 N–H and O–H groups in total. The van der Waals surface area contributed by atoms with Crippen LogP contribution in [0.15, 0.2) is 91.4 Å². The van der Waals surface area contributed by atoms with Crippen molar-refractivity contribution in [3.63, 3.8) is 0 Å². The number of nitrogens with one attached hydrogen (secondary N) is 2. The van der Waals surface area contributed by atoms with Crippen molar-refractivity contribution in [2.24, 2.45) is 5.73 Å². The van der Waals surface area contributed by atoms with Crippen molar-refractivity contribution >= 4 is 17.5 Å². The van der Waals surface area contributed by atoms with Crippen LogP contribution in [-0.2, 0) is 6.54 Å². The van der Waals surface area contributed by atoms with Gasteiger partial charge in [-0.3, -0.25) is 9.97 Å². The largest absolute Gasteiger partial charge is 0.494 e. The van der Waals surface area contributed by atoms with Gasteiger partial charge in [0.1, 0.15) is 11.6 Å². The molecule has 5 rings (SSSR count). The predicted molar refractivity (Wildman–Crippen MR) is 166 cm³/mol. The van der Waals surface area contributed by atoms with Crippen LogP contribution < -0.4 is 15.8 Å². The third-order valence-corrected chi connectivity index (χ3v) is 7.59. The molecule has 3 heterocycles. The molecule has 1 aliphatic rings. The molecule has 0 unspecified atom stereocenters. The number of hydrogen-bond donors (Lipinski definition) is 3. The summed E-state index contributed by atoms with van der Waals surface area (Å²) in [5.74, 6) is 0.554. The van der Waals surface area contributed by atoms with Gasteiger partial charge in [-0.2, -0.15) is 0 Å². The first kappa shape index (κ1) is 29.1. The molecule has 7 nitrogen and oxygen atoms in total. The van der Waals surface area contributed by atoms with E-state index in [-0.39, 0.29) is 5.82 Å². The minimum Gasteiger partial charge on any atom is -0.494 e. The van der Waals surface area contributed by atoms with Crippen molar-refractivity contribution in [2.45, 2.75) is 31.8 Å². The highest BCUT2D eigenvalue weighted by molar-refractivity contribution is 5.96. The Labute approximate surface area is 246 Å². The molecule has 0 radical (unpaired) electrons. The topological polar surface area (TPSA) is 100 Å². The van der Waals surface area contributed by atoms with E-state index in [0.29, 0.717) is 18.3 Å². The fraction of sp³-hybridized carbons (Fsp3) is 0.265. The highest BCUT2D eigenvalue weighted by Gasteiger charge is 2.19. The number of piperidine rings is 1. The van der Waals surface area contributed by atoms with Crippen LogP contribution in [0.4, 0.5) is 4.39 Å². The van der Waals surface area contributed by atoms with E-state index in [0.717, 1.165) is 84.7 Å². The molecule has 1 saturated heterocycles. The molecule has 0 amide bonds. The fourth-order valence-corrected chi connectivity index (χ4v) is 5.17. The third kappa shape index (κ3) is 7.87. The number of ether oxygens (including phenoxy) is 1. The second-order valence-electron chi connectivity index (χ2n) is 10.5. The van der Waals surface area contributed by atoms with Crippen molar-refractivity contribution in [3.05, 3.63) is 125 Å². The number of benzene rings is 2. The van der Waals surface area contributed by atoms with Gasteiger partial charge in [-0.25, -0.2) is 4.39 Å². The Balaban J connectivity index is 1.10. The van der Waals surface area contributed by atoms with E-state index >= 15 is 0 Å². The van der Waals surface area contributed by atoms with Gasteiger partial charge in [0.15, 0.2) is 0 Å². The van der Waals surface area contributed by atoms with Crippen LogP contribution in [0, 0.1) is 11.2 Å². The molecule has 4 aromatic rings. The smallest absolute Gasteiger partial charge is 0.123 e. The van der Waals surface area contributed by atoms with Gasteiger partial charge in [0.25, 0.3) is 0 Å². The molecule has 0 spiro atoms. The molecule has 2 aromatic carbocycles. The van der Waals surface area contributed by atoms with Gasteiger partial charge in [-0.1, -0.05) is 6.07 Å². The van der Waals surface area contributed by atoms with Crippen LogP contribution >= 0.6 is 0 Å². The highest BCUT2D eigenvalue weighted by atomic mass is 19.1. The number of likely N-dealkylation sites (tertiary alicyclic amines) is 1. The summed E-state index contributed by atoms with van der Waals surface area (Å²) in [7, 11) is 0. The van der Waals surface area contributed by atoms with Crippen molar-refractivity contribution in [2.75, 3.05) is 26.2 Å². The van der Waals surface area contributed by atoms with Gasteiger partial charge in [-0.05, 0) is 121 Å². The van der Waals surface area contributed by atoms with Gasteiger partial charge >= 0.3 is 0 Å². The second-order valence-corrected chi connectivity index (χ2v) is 10.5. The lowest BCUT2D eigenvalue weighted by molar-refractivity contribution is 0.181. The number of nitrogens with zero attached hydrogens (tertiary/aromatic N) is 3. The van der Waals surface area contributed by atoms with Crippen molar-refractivity contribution in [1.29, 1.82) is 5.41 Å². The van der Waals surface area contributed by atoms with Crippen LogP contribution in [0.3, 0.4) is 0 Å². The van der Waals surface area contributed by atoms with E-state index < -0.39 is 0 Å². The highest BCUT2D eigenvalue weighted by Crippen LogP contribution is 2.28. The lowest BCUT2D eigenvalue weighted by atomic mass is 9.97. The Bertz CT molecular complexity index is 1450. The van der Waals surface area contributed by atoms with Gasteiger partial charge in [0.2, 0.25) is 0 Å². The SMILES string of the molecule is N=Cc1ccc(OCCCN2CCC(NCc3ccc(/C(=C(\N)c4ccc(F)cc4)c4ccncc4)nc3)CC2)cc1. The van der Waals surface area contributed by atoms with Gasteiger partial charge < -0.3 is 26.1 Å². The van der Waals surface area contributed by atoms with Crippen LogP contribution in [0.5, 0.6) is 5.75 Å². The van der Waals surface area contributed by atoms with Gasteiger partial charge in [0.05, 0.1) is 12.3 Å². The number of nitrogens with two attached hydrogens (primary N) is 1. The summed E-state index contributed by atoms with van der Waals surface area (Å²) in [6.07, 6.45) is 9.90. The molecular formula is C34H37FN6O. The van der Waals surface area contributed by atoms with Crippen LogP contribution in [0.25, 0.3) is 11.3 Å². The zero-order valence-corrected chi connectivity index (χ0v) is 23.7. The van der Waals surface area contributed by atoms with Crippen molar-refractivity contribution in [1.82, 2.24) is 20.2 Å². The third-order valence-electron chi connectivity index (χ3n) is 7.59. The molecule has 0 saturated carbocycles. The summed E-state index contributed by atoms with van der Waals surface area (Å²) in [6.45, 7) is 4.63. The van der Waals surface area contributed by atoms with E-state index in [9.17, 15) is 4.39 Å². The average molecular weight is 565 g/mol. The minimum absolute atomic E-state index is 0.300. The molecular weight excluding hydrogens is 527 g/mol. The van der Waals surface area contributed by atoms with Crippen molar-refractivity contribution < 1.29 is 9.13 Å². The van der Waals surface area contributed by atoms with Crippen LogP contribution in [0.2, 0.25) is 0 Å². The number of halogens is 1. The standard InChI is InChI=1S/C34H37FN6O/c35-29-7-5-28(6-8-29)34(37)33(27-12-16-38-17-13-27)32-11-4-26(24-40-32)23-39-30-14-19-41(20-15-30)18-1-21-42-31-9-2-25(22-36)3-10-31/h2-13,16-17,22,24,30,36,39H,1,14-15,18-21,23,37H2/b34-33-,36-22?. The molecule has 1 aliphatic heterocycles. The fourth-order valence-electron chi connectivity index (χ4n) is 5.17. The monoisotopic (exact) mass is 564 g/mol. The quantitative estimate of drug-likeness (QED) is 0.155. The Kier molecular flexibility index (Phi) is 10.0. The zero-order chi connectivity index (χ0) is 29.1. The minimum atomic E-state index is -0.300. The van der Waals surface area contributed by atoms with E-state index in [2.05, 4.69) is 21.3 Å². The lowest BCUT2D eigenvalue weighted by Crippen LogP contribution is -2.42. The van der Waals surface area contributed by atoms with Gasteiger partial charge in [-0.15, -0.1) is 0 Å². The number of hydrogen-bond acceptors (Lipinski definition) is 7. The molecule has 1 fully saturated rings. The first-order valence-corrected chi connectivity index (χ1v) is 14.4. The second kappa shape index (κ2) is 14.5. The summed E-state index contributed by atoms with van der Waals surface area (Å²) in [4.78, 5) is 11.4. The van der Waals surface area contributed by atoms with Gasteiger partial charge in [0, 0.05) is 55.2 Å². The number of aromatic nitrogens is 2. The molecule has 216 valence electrons. The normalized spacial score (nSPS) is 14.8. The molecule has 42 heavy (non-hydrogen) atoms. The Morgan fingerprint density at radius 3 is 2.38 bits per heavy atom. The summed E-state index contributed by atoms with van der Waals surface area (Å²) in [5, 5.41) is 11.0. The maximum absolute atomic E-state index is 13.5. The predicted octanol–water partition coefficient (Wildman–Crippen LogP) is 5.51. The summed E-state index contributed by atoms with van der Waals surface area (Å²) in [5.41, 5.74) is 12.3. The Hall–Kier alpha value is -4.40. The molecule has 8 heteroatoms. The lowest BCUT2D eigenvalue weighted by Gasteiger charge is -2.32. The maximum atomic E-state index is 13.5. The maximum Gasteiger partial charge on any atom is 0.123 e. The first-order valence-electron chi connectivity index (χ1n) is 14.4. The van der Waals surface area contributed by atoms with E-state index in [1.165, 1.54) is 18.3 Å². The van der Waals surface area contributed by atoms with Crippen LogP contribution in [-0.4, -0.2) is 53.4 Å². The van der Waals surface area contributed by atoms with Crippen LogP contribution in [0.1, 0.15) is 47.2 Å². The number of pyridine rings is 2.